The smallest absolute Gasteiger partial charge is 0.253 e. The van der Waals surface area contributed by atoms with Crippen molar-refractivity contribution in [2.75, 3.05) is 34.3 Å². The van der Waals surface area contributed by atoms with Gasteiger partial charge in [0.25, 0.3) is 5.91 Å². The number of hydrogen-bond acceptors (Lipinski definition) is 3. The fraction of sp³-hybridized carbons (Fsp3) is 0.480. The van der Waals surface area contributed by atoms with E-state index >= 15 is 0 Å². The van der Waals surface area contributed by atoms with Gasteiger partial charge in [-0.25, -0.2) is 0 Å². The second-order valence-electron chi connectivity index (χ2n) is 8.81. The molecule has 0 unspecified atom stereocenters. The van der Waals surface area contributed by atoms with Crippen LogP contribution in [0.4, 0.5) is 0 Å². The van der Waals surface area contributed by atoms with Crippen molar-refractivity contribution >= 4 is 5.91 Å². The van der Waals surface area contributed by atoms with Gasteiger partial charge in [0.1, 0.15) is 5.75 Å². The van der Waals surface area contributed by atoms with E-state index < -0.39 is 0 Å². The first-order valence-electron chi connectivity index (χ1n) is 10.7. The molecule has 3 atom stereocenters. The molecule has 2 aliphatic rings. The summed E-state index contributed by atoms with van der Waals surface area (Å²) in [5.41, 5.74) is 2.26. The maximum Gasteiger partial charge on any atom is 0.253 e. The van der Waals surface area contributed by atoms with Gasteiger partial charge in [-0.05, 0) is 75.0 Å². The number of carbonyl (C=O) groups excluding carboxylic acids is 1. The summed E-state index contributed by atoms with van der Waals surface area (Å²) in [4.78, 5) is 17.5. The normalized spacial score (nSPS) is 27.1. The summed E-state index contributed by atoms with van der Waals surface area (Å²) >= 11 is 0. The minimum absolute atomic E-state index is 0.106. The number of piperidine rings is 1. The van der Waals surface area contributed by atoms with Crippen LogP contribution in [0.2, 0.25) is 0 Å². The zero-order valence-electron chi connectivity index (χ0n) is 17.8. The van der Waals surface area contributed by atoms with Crippen molar-refractivity contribution in [2.45, 2.75) is 37.1 Å². The number of fused-ring (bicyclic) bond motifs is 1. The molecule has 4 heteroatoms. The third-order valence-corrected chi connectivity index (χ3v) is 7.23. The molecule has 29 heavy (non-hydrogen) atoms. The highest BCUT2D eigenvalue weighted by Crippen LogP contribution is 2.50. The third-order valence-electron chi connectivity index (χ3n) is 7.23. The summed E-state index contributed by atoms with van der Waals surface area (Å²) < 4.78 is 5.54. The Kier molecular flexibility index (Phi) is 5.64. The molecule has 1 aliphatic carbocycles. The van der Waals surface area contributed by atoms with E-state index in [2.05, 4.69) is 30.1 Å². The average Bonchev–Trinajstić information content (AvgIpc) is 2.78. The Balaban J connectivity index is 1.64. The molecule has 1 saturated carbocycles. The summed E-state index contributed by atoms with van der Waals surface area (Å²) in [6, 6.07) is 18.5. The van der Waals surface area contributed by atoms with Crippen LogP contribution >= 0.6 is 0 Å². The summed E-state index contributed by atoms with van der Waals surface area (Å²) in [6.07, 6.45) is 4.37. The van der Waals surface area contributed by atoms with Crippen LogP contribution in [-0.2, 0) is 5.41 Å². The lowest BCUT2D eigenvalue weighted by Crippen LogP contribution is -2.55. The summed E-state index contributed by atoms with van der Waals surface area (Å²) in [7, 11) is 5.94. The standard InChI is InChI=1S/C25H32N2O2/c1-26-15-14-25(20-10-7-11-23(16-20)29-3)17-22(13-12-21(25)18-26)27(2)24(28)19-8-5-4-6-9-19/h4-11,16,21-22H,12-15,17-18H2,1-3H3/t21-,22+,25+/m1/s1. The maximum atomic E-state index is 13.1. The fourth-order valence-corrected chi connectivity index (χ4v) is 5.50. The number of hydrogen-bond donors (Lipinski definition) is 0. The minimum Gasteiger partial charge on any atom is -0.497 e. The van der Waals surface area contributed by atoms with Gasteiger partial charge in [-0.3, -0.25) is 4.79 Å². The van der Waals surface area contributed by atoms with Crippen LogP contribution in [-0.4, -0.2) is 56.0 Å². The van der Waals surface area contributed by atoms with Gasteiger partial charge in [-0.1, -0.05) is 30.3 Å². The van der Waals surface area contributed by atoms with Gasteiger partial charge in [0.2, 0.25) is 0 Å². The molecule has 1 amide bonds. The van der Waals surface area contributed by atoms with E-state index in [9.17, 15) is 4.79 Å². The van der Waals surface area contributed by atoms with Crippen LogP contribution in [0, 0.1) is 5.92 Å². The Hall–Kier alpha value is -2.33. The number of amides is 1. The Morgan fingerprint density at radius 2 is 1.93 bits per heavy atom. The number of ether oxygens (including phenoxy) is 1. The largest absolute Gasteiger partial charge is 0.497 e. The van der Waals surface area contributed by atoms with Crippen molar-refractivity contribution in [3.63, 3.8) is 0 Å². The second kappa shape index (κ2) is 8.19. The number of nitrogens with zero attached hydrogens (tertiary/aromatic N) is 2. The molecular formula is C25H32N2O2. The number of benzene rings is 2. The van der Waals surface area contributed by atoms with Crippen LogP contribution in [0.3, 0.4) is 0 Å². The van der Waals surface area contributed by atoms with Crippen molar-refractivity contribution in [1.29, 1.82) is 0 Å². The van der Waals surface area contributed by atoms with E-state index in [0.29, 0.717) is 5.92 Å². The number of methoxy groups -OCH3 is 1. The molecule has 0 spiro atoms. The first-order chi connectivity index (χ1) is 14.0. The van der Waals surface area contributed by atoms with Crippen molar-refractivity contribution in [2.24, 2.45) is 5.92 Å². The van der Waals surface area contributed by atoms with Gasteiger partial charge in [0.05, 0.1) is 7.11 Å². The molecule has 154 valence electrons. The lowest BCUT2D eigenvalue weighted by molar-refractivity contribution is 0.0259. The van der Waals surface area contributed by atoms with Crippen LogP contribution in [0.5, 0.6) is 5.75 Å². The van der Waals surface area contributed by atoms with Crippen molar-refractivity contribution < 1.29 is 9.53 Å². The van der Waals surface area contributed by atoms with E-state index in [1.165, 1.54) is 5.56 Å². The average molecular weight is 393 g/mol. The zero-order chi connectivity index (χ0) is 20.4. The Morgan fingerprint density at radius 3 is 2.69 bits per heavy atom. The predicted molar refractivity (Wildman–Crippen MR) is 116 cm³/mol. The highest BCUT2D eigenvalue weighted by molar-refractivity contribution is 5.94. The molecule has 1 heterocycles. The van der Waals surface area contributed by atoms with Crippen LogP contribution in [0.15, 0.2) is 54.6 Å². The first-order valence-corrected chi connectivity index (χ1v) is 10.7. The Labute approximate surface area is 174 Å². The molecule has 0 N–H and O–H groups in total. The highest BCUT2D eigenvalue weighted by Gasteiger charge is 2.48. The van der Waals surface area contributed by atoms with Gasteiger partial charge in [0, 0.05) is 30.6 Å². The van der Waals surface area contributed by atoms with Gasteiger partial charge in [0.15, 0.2) is 0 Å². The predicted octanol–water partition coefficient (Wildman–Crippen LogP) is 4.21. The van der Waals surface area contributed by atoms with Gasteiger partial charge in [-0.15, -0.1) is 0 Å². The molecule has 1 aliphatic heterocycles. The van der Waals surface area contributed by atoms with Crippen molar-refractivity contribution in [3.8, 4) is 5.75 Å². The number of likely N-dealkylation sites (tertiary alicyclic amines) is 1. The van der Waals surface area contributed by atoms with E-state index in [0.717, 1.165) is 50.1 Å². The summed E-state index contributed by atoms with van der Waals surface area (Å²) in [5, 5.41) is 0. The van der Waals surface area contributed by atoms with E-state index in [4.69, 9.17) is 4.74 Å². The third kappa shape index (κ3) is 3.78. The van der Waals surface area contributed by atoms with E-state index in [1.807, 2.05) is 48.3 Å². The van der Waals surface area contributed by atoms with Gasteiger partial charge >= 0.3 is 0 Å². The Morgan fingerprint density at radius 1 is 1.14 bits per heavy atom. The molecule has 0 radical (unpaired) electrons. The van der Waals surface area contributed by atoms with Crippen molar-refractivity contribution in [3.05, 3.63) is 65.7 Å². The van der Waals surface area contributed by atoms with Crippen LogP contribution in [0.1, 0.15) is 41.6 Å². The fourth-order valence-electron chi connectivity index (χ4n) is 5.50. The summed E-state index contributed by atoms with van der Waals surface area (Å²) in [5.74, 6) is 1.66. The second-order valence-corrected chi connectivity index (χ2v) is 8.81. The van der Waals surface area contributed by atoms with E-state index in [1.54, 1.807) is 7.11 Å². The zero-order valence-corrected chi connectivity index (χ0v) is 17.8. The van der Waals surface area contributed by atoms with Crippen molar-refractivity contribution in [1.82, 2.24) is 9.80 Å². The molecular weight excluding hydrogens is 360 g/mol. The lowest BCUT2D eigenvalue weighted by Gasteiger charge is -2.53. The van der Waals surface area contributed by atoms with Crippen LogP contribution in [0.25, 0.3) is 0 Å². The monoisotopic (exact) mass is 392 g/mol. The van der Waals surface area contributed by atoms with E-state index in [-0.39, 0.29) is 17.4 Å². The topological polar surface area (TPSA) is 32.8 Å². The molecule has 1 saturated heterocycles. The van der Waals surface area contributed by atoms with Crippen LogP contribution < -0.4 is 4.74 Å². The SMILES string of the molecule is COc1cccc([C@@]23CCN(C)C[C@H]2CC[C@H](N(C)C(=O)c2ccccc2)C3)c1. The molecule has 4 nitrogen and oxygen atoms in total. The molecule has 4 rings (SSSR count). The molecule has 2 aromatic carbocycles. The number of rotatable bonds is 4. The molecule has 2 aromatic rings. The summed E-state index contributed by atoms with van der Waals surface area (Å²) in [6.45, 7) is 2.22. The molecule has 2 fully saturated rings. The van der Waals surface area contributed by atoms with Gasteiger partial charge < -0.3 is 14.5 Å². The van der Waals surface area contributed by atoms with Gasteiger partial charge in [-0.2, -0.15) is 0 Å². The highest BCUT2D eigenvalue weighted by atomic mass is 16.5. The lowest BCUT2D eigenvalue weighted by atomic mass is 9.58. The Bertz CT molecular complexity index is 853. The maximum absolute atomic E-state index is 13.1. The minimum atomic E-state index is 0.106. The molecule has 0 bridgehead atoms. The molecule has 0 aromatic heterocycles. The quantitative estimate of drug-likeness (QED) is 0.781. The first kappa shape index (κ1) is 20.0. The number of carbonyl (C=O) groups is 1.